The number of pyridine rings is 1. The fraction of sp³-hybridized carbons (Fsp3) is 0.385. The summed E-state index contributed by atoms with van der Waals surface area (Å²) in [6.45, 7) is 1.69. The molecular formula is C13H15N3OS. The SMILES string of the molecule is c1cc(-c2csc(NC3CCOCC3)n2)ccn1. The molecular weight excluding hydrogens is 246 g/mol. The van der Waals surface area contributed by atoms with Crippen LogP contribution in [0.4, 0.5) is 5.13 Å². The van der Waals surface area contributed by atoms with Crippen LogP contribution in [-0.2, 0) is 4.74 Å². The highest BCUT2D eigenvalue weighted by Gasteiger charge is 2.14. The average molecular weight is 261 g/mol. The van der Waals surface area contributed by atoms with Crippen molar-refractivity contribution < 1.29 is 4.74 Å². The van der Waals surface area contributed by atoms with Crippen molar-refractivity contribution in [3.05, 3.63) is 29.9 Å². The highest BCUT2D eigenvalue weighted by Crippen LogP contribution is 2.25. The molecule has 2 aromatic rings. The molecule has 1 fully saturated rings. The van der Waals surface area contributed by atoms with Crippen LogP contribution in [0.2, 0.25) is 0 Å². The van der Waals surface area contributed by atoms with E-state index in [9.17, 15) is 0 Å². The van der Waals surface area contributed by atoms with Gasteiger partial charge in [-0.05, 0) is 25.0 Å². The van der Waals surface area contributed by atoms with Crippen molar-refractivity contribution in [2.45, 2.75) is 18.9 Å². The molecule has 0 radical (unpaired) electrons. The first-order valence-corrected chi connectivity index (χ1v) is 7.00. The van der Waals surface area contributed by atoms with Crippen molar-refractivity contribution in [2.75, 3.05) is 18.5 Å². The number of rotatable bonds is 3. The Kier molecular flexibility index (Phi) is 3.52. The molecule has 0 spiro atoms. The van der Waals surface area contributed by atoms with Crippen LogP contribution in [0.5, 0.6) is 0 Å². The Morgan fingerprint density at radius 3 is 2.78 bits per heavy atom. The van der Waals surface area contributed by atoms with E-state index in [0.29, 0.717) is 6.04 Å². The molecule has 2 aromatic heterocycles. The van der Waals surface area contributed by atoms with Gasteiger partial charge in [0.25, 0.3) is 0 Å². The molecule has 0 bridgehead atoms. The Labute approximate surface area is 110 Å². The molecule has 5 heteroatoms. The maximum absolute atomic E-state index is 5.35. The zero-order valence-electron chi connectivity index (χ0n) is 10.0. The molecule has 18 heavy (non-hydrogen) atoms. The van der Waals surface area contributed by atoms with Gasteiger partial charge in [0.2, 0.25) is 0 Å². The van der Waals surface area contributed by atoms with Crippen LogP contribution in [0.25, 0.3) is 11.3 Å². The van der Waals surface area contributed by atoms with E-state index < -0.39 is 0 Å². The lowest BCUT2D eigenvalue weighted by Gasteiger charge is -2.22. The number of thiazole rings is 1. The summed E-state index contributed by atoms with van der Waals surface area (Å²) >= 11 is 1.65. The Balaban J connectivity index is 1.69. The minimum Gasteiger partial charge on any atom is -0.381 e. The van der Waals surface area contributed by atoms with Crippen molar-refractivity contribution >= 4 is 16.5 Å². The van der Waals surface area contributed by atoms with Crippen LogP contribution in [-0.4, -0.2) is 29.2 Å². The van der Waals surface area contributed by atoms with Crippen molar-refractivity contribution in [3.63, 3.8) is 0 Å². The van der Waals surface area contributed by atoms with Crippen molar-refractivity contribution in [2.24, 2.45) is 0 Å². The topological polar surface area (TPSA) is 47.0 Å². The first-order valence-electron chi connectivity index (χ1n) is 6.12. The number of hydrogen-bond acceptors (Lipinski definition) is 5. The highest BCUT2D eigenvalue weighted by atomic mass is 32.1. The Hall–Kier alpha value is -1.46. The molecule has 1 N–H and O–H groups in total. The molecule has 1 aliphatic rings. The van der Waals surface area contributed by atoms with E-state index in [1.54, 1.807) is 23.7 Å². The van der Waals surface area contributed by atoms with E-state index in [1.807, 2.05) is 12.1 Å². The van der Waals surface area contributed by atoms with Gasteiger partial charge in [0.15, 0.2) is 5.13 Å². The van der Waals surface area contributed by atoms with Gasteiger partial charge in [-0.15, -0.1) is 11.3 Å². The van der Waals surface area contributed by atoms with Crippen LogP contribution in [0.1, 0.15) is 12.8 Å². The summed E-state index contributed by atoms with van der Waals surface area (Å²) in [5.41, 5.74) is 2.12. The van der Waals surface area contributed by atoms with Gasteiger partial charge in [0.1, 0.15) is 0 Å². The predicted molar refractivity (Wildman–Crippen MR) is 72.8 cm³/mol. The predicted octanol–water partition coefficient (Wildman–Crippen LogP) is 2.80. The Morgan fingerprint density at radius 1 is 1.22 bits per heavy atom. The van der Waals surface area contributed by atoms with Crippen molar-refractivity contribution in [1.82, 2.24) is 9.97 Å². The summed E-state index contributed by atoms with van der Waals surface area (Å²) in [5.74, 6) is 0. The Bertz CT molecular complexity index is 494. The summed E-state index contributed by atoms with van der Waals surface area (Å²) in [6, 6.07) is 4.45. The van der Waals surface area contributed by atoms with Crippen LogP contribution in [0.15, 0.2) is 29.9 Å². The maximum atomic E-state index is 5.35. The second-order valence-electron chi connectivity index (χ2n) is 4.30. The van der Waals surface area contributed by atoms with E-state index >= 15 is 0 Å². The minimum atomic E-state index is 0.496. The molecule has 3 heterocycles. The van der Waals surface area contributed by atoms with Crippen molar-refractivity contribution in [3.8, 4) is 11.3 Å². The number of ether oxygens (including phenoxy) is 1. The highest BCUT2D eigenvalue weighted by molar-refractivity contribution is 7.14. The first-order chi connectivity index (χ1) is 8.92. The third kappa shape index (κ3) is 2.68. The number of nitrogens with zero attached hydrogens (tertiary/aromatic N) is 2. The molecule has 0 atom stereocenters. The van der Waals surface area contributed by atoms with E-state index in [0.717, 1.165) is 42.4 Å². The molecule has 4 nitrogen and oxygen atoms in total. The zero-order chi connectivity index (χ0) is 12.2. The number of hydrogen-bond donors (Lipinski definition) is 1. The fourth-order valence-corrected chi connectivity index (χ4v) is 2.81. The van der Waals surface area contributed by atoms with Gasteiger partial charge in [-0.2, -0.15) is 0 Å². The van der Waals surface area contributed by atoms with Gasteiger partial charge in [0, 0.05) is 42.6 Å². The zero-order valence-corrected chi connectivity index (χ0v) is 10.8. The van der Waals surface area contributed by atoms with Crippen LogP contribution >= 0.6 is 11.3 Å². The van der Waals surface area contributed by atoms with Gasteiger partial charge >= 0.3 is 0 Å². The molecule has 0 aliphatic carbocycles. The van der Waals surface area contributed by atoms with Crippen LogP contribution < -0.4 is 5.32 Å². The van der Waals surface area contributed by atoms with Gasteiger partial charge < -0.3 is 10.1 Å². The van der Waals surface area contributed by atoms with E-state index in [1.165, 1.54) is 0 Å². The second-order valence-corrected chi connectivity index (χ2v) is 5.16. The van der Waals surface area contributed by atoms with Crippen molar-refractivity contribution in [1.29, 1.82) is 0 Å². The number of anilines is 1. The van der Waals surface area contributed by atoms with Crippen LogP contribution in [0.3, 0.4) is 0 Å². The number of nitrogens with one attached hydrogen (secondary N) is 1. The van der Waals surface area contributed by atoms with Gasteiger partial charge in [-0.25, -0.2) is 4.98 Å². The molecule has 0 amide bonds. The van der Waals surface area contributed by atoms with E-state index in [-0.39, 0.29) is 0 Å². The quantitative estimate of drug-likeness (QED) is 0.923. The standard InChI is InChI=1S/C13H15N3OS/c1-5-14-6-2-10(1)12-9-18-13(16-12)15-11-3-7-17-8-4-11/h1-2,5-6,9,11H,3-4,7-8H2,(H,15,16). The first kappa shape index (κ1) is 11.6. The minimum absolute atomic E-state index is 0.496. The molecule has 94 valence electrons. The van der Waals surface area contributed by atoms with Gasteiger partial charge in [0.05, 0.1) is 5.69 Å². The molecule has 3 rings (SSSR count). The summed E-state index contributed by atoms with van der Waals surface area (Å²) in [5, 5.41) is 6.56. The lowest BCUT2D eigenvalue weighted by Crippen LogP contribution is -2.27. The average Bonchev–Trinajstić information content (AvgIpc) is 2.89. The third-order valence-corrected chi connectivity index (χ3v) is 3.80. The molecule has 1 saturated heterocycles. The maximum Gasteiger partial charge on any atom is 0.183 e. The number of aromatic nitrogens is 2. The lowest BCUT2D eigenvalue weighted by atomic mass is 10.1. The van der Waals surface area contributed by atoms with Gasteiger partial charge in [-0.3, -0.25) is 4.98 Å². The normalized spacial score (nSPS) is 16.7. The van der Waals surface area contributed by atoms with Gasteiger partial charge in [-0.1, -0.05) is 0 Å². The lowest BCUT2D eigenvalue weighted by molar-refractivity contribution is 0.0904. The second kappa shape index (κ2) is 5.46. The third-order valence-electron chi connectivity index (χ3n) is 3.03. The smallest absolute Gasteiger partial charge is 0.183 e. The molecule has 0 aromatic carbocycles. The largest absolute Gasteiger partial charge is 0.381 e. The summed E-state index contributed by atoms with van der Waals surface area (Å²) in [4.78, 5) is 8.63. The summed E-state index contributed by atoms with van der Waals surface area (Å²) in [7, 11) is 0. The van der Waals surface area contributed by atoms with E-state index in [2.05, 4.69) is 20.7 Å². The monoisotopic (exact) mass is 261 g/mol. The Morgan fingerprint density at radius 2 is 2.00 bits per heavy atom. The van der Waals surface area contributed by atoms with E-state index in [4.69, 9.17) is 4.74 Å². The molecule has 0 unspecified atom stereocenters. The molecule has 0 saturated carbocycles. The summed E-state index contributed by atoms with van der Waals surface area (Å²) < 4.78 is 5.35. The fourth-order valence-electron chi connectivity index (χ4n) is 2.01. The van der Waals surface area contributed by atoms with Crippen LogP contribution in [0, 0.1) is 0 Å². The molecule has 1 aliphatic heterocycles. The summed E-state index contributed by atoms with van der Waals surface area (Å²) in [6.07, 6.45) is 5.70.